The third kappa shape index (κ3) is 2.43. The molecule has 0 unspecified atom stereocenters. The molecule has 0 radical (unpaired) electrons. The molecule has 0 saturated carbocycles. The van der Waals surface area contributed by atoms with Crippen LogP contribution in [0.25, 0.3) is 0 Å². The van der Waals surface area contributed by atoms with Gasteiger partial charge in [-0.05, 0) is 34.5 Å². The zero-order chi connectivity index (χ0) is 13.3. The molecule has 1 aromatic carbocycles. The molecular weight excluding hydrogens is 323 g/mol. The predicted molar refractivity (Wildman–Crippen MR) is 71.0 cm³/mol. The fourth-order valence-electron chi connectivity index (χ4n) is 1.72. The lowest BCUT2D eigenvalue weighted by Gasteiger charge is -2.23. The Kier molecular flexibility index (Phi) is 3.74. The van der Waals surface area contributed by atoms with Crippen molar-refractivity contribution in [1.29, 1.82) is 0 Å². The number of nitrogens with zero attached hydrogens (tertiary/aromatic N) is 1. The molecule has 2 rings (SSSR count). The maximum absolute atomic E-state index is 13.2. The normalized spacial score (nSPS) is 17.0. The summed E-state index contributed by atoms with van der Waals surface area (Å²) in [5.41, 5.74) is 5.25. The van der Waals surface area contributed by atoms with Crippen LogP contribution in [0.15, 0.2) is 33.7 Å². The number of sulfonamides is 1. The van der Waals surface area contributed by atoms with Crippen molar-refractivity contribution < 1.29 is 12.8 Å². The molecule has 0 spiro atoms. The first-order chi connectivity index (χ1) is 8.43. The summed E-state index contributed by atoms with van der Waals surface area (Å²) in [7, 11) is -3.64. The first kappa shape index (κ1) is 13.5. The zero-order valence-electron chi connectivity index (χ0n) is 9.44. The van der Waals surface area contributed by atoms with Gasteiger partial charge in [0, 0.05) is 17.6 Å². The third-order valence-corrected chi connectivity index (χ3v) is 5.51. The lowest BCUT2D eigenvalue weighted by Crippen LogP contribution is -2.34. The maximum atomic E-state index is 13.2. The number of nitrogen functional groups attached to an aromatic ring is 1. The Morgan fingerprint density at radius 3 is 2.67 bits per heavy atom. The van der Waals surface area contributed by atoms with E-state index in [1.807, 2.05) is 6.08 Å². The van der Waals surface area contributed by atoms with E-state index in [4.69, 9.17) is 5.73 Å². The number of halogens is 2. The van der Waals surface area contributed by atoms with Gasteiger partial charge < -0.3 is 5.73 Å². The van der Waals surface area contributed by atoms with E-state index in [1.165, 1.54) is 4.31 Å². The first-order valence-corrected chi connectivity index (χ1v) is 7.56. The van der Waals surface area contributed by atoms with Gasteiger partial charge >= 0.3 is 0 Å². The second kappa shape index (κ2) is 4.99. The Labute approximate surface area is 113 Å². The fourth-order valence-corrected chi connectivity index (χ4v) is 4.14. The van der Waals surface area contributed by atoms with E-state index < -0.39 is 15.8 Å². The van der Waals surface area contributed by atoms with Gasteiger partial charge in [-0.1, -0.05) is 12.2 Å². The summed E-state index contributed by atoms with van der Waals surface area (Å²) < 4.78 is 39.4. The second-order valence-electron chi connectivity index (χ2n) is 3.93. The van der Waals surface area contributed by atoms with Crippen molar-refractivity contribution >= 4 is 31.6 Å². The van der Waals surface area contributed by atoms with E-state index in [9.17, 15) is 12.8 Å². The van der Waals surface area contributed by atoms with Gasteiger partial charge in [-0.25, -0.2) is 12.8 Å². The van der Waals surface area contributed by atoms with Crippen LogP contribution < -0.4 is 5.73 Å². The smallest absolute Gasteiger partial charge is 0.244 e. The number of benzene rings is 1. The lowest BCUT2D eigenvalue weighted by atomic mass is 10.3. The highest BCUT2D eigenvalue weighted by Crippen LogP contribution is 2.29. The number of nitrogens with two attached hydrogens (primary N) is 1. The number of hydrogen-bond acceptors (Lipinski definition) is 3. The standard InChI is InChI=1S/C11H12BrFN2O2S/c12-8-6-9(13)10(14)7-11(8)18(16,17)15-4-2-1-3-5-15/h1-2,6-7H,3-5,14H2. The van der Waals surface area contributed by atoms with Gasteiger partial charge in [0.2, 0.25) is 10.0 Å². The lowest BCUT2D eigenvalue weighted by molar-refractivity contribution is 0.437. The summed E-state index contributed by atoms with van der Waals surface area (Å²) in [6.07, 6.45) is 4.40. The minimum absolute atomic E-state index is 0.00306. The maximum Gasteiger partial charge on any atom is 0.244 e. The van der Waals surface area contributed by atoms with Crippen LogP contribution in [0, 0.1) is 5.82 Å². The summed E-state index contributed by atoms with van der Waals surface area (Å²) in [6.45, 7) is 0.745. The molecule has 0 saturated heterocycles. The summed E-state index contributed by atoms with van der Waals surface area (Å²) in [5.74, 6) is -0.639. The molecule has 1 aromatic rings. The topological polar surface area (TPSA) is 63.4 Å². The van der Waals surface area contributed by atoms with Crippen molar-refractivity contribution in [2.75, 3.05) is 18.8 Å². The molecule has 1 aliphatic heterocycles. The molecule has 7 heteroatoms. The molecule has 2 N–H and O–H groups in total. The number of hydrogen-bond donors (Lipinski definition) is 1. The van der Waals surface area contributed by atoms with Crippen LogP contribution in [0.3, 0.4) is 0 Å². The summed E-state index contributed by atoms with van der Waals surface area (Å²) >= 11 is 3.06. The molecular formula is C11H12BrFN2O2S. The van der Waals surface area contributed by atoms with Crippen LogP contribution >= 0.6 is 15.9 Å². The fraction of sp³-hybridized carbons (Fsp3) is 0.273. The van der Waals surface area contributed by atoms with Gasteiger partial charge in [0.25, 0.3) is 0 Å². The van der Waals surface area contributed by atoms with Crippen molar-refractivity contribution in [2.45, 2.75) is 11.3 Å². The van der Waals surface area contributed by atoms with Crippen molar-refractivity contribution in [3.05, 3.63) is 34.6 Å². The molecule has 4 nitrogen and oxygen atoms in total. The molecule has 0 amide bonds. The molecule has 1 heterocycles. The molecule has 0 aromatic heterocycles. The van der Waals surface area contributed by atoms with Crippen LogP contribution in [0.4, 0.5) is 10.1 Å². The van der Waals surface area contributed by atoms with Gasteiger partial charge in [-0.2, -0.15) is 4.31 Å². The monoisotopic (exact) mass is 334 g/mol. The Morgan fingerprint density at radius 2 is 2.06 bits per heavy atom. The van der Waals surface area contributed by atoms with Crippen molar-refractivity contribution in [3.63, 3.8) is 0 Å². The van der Waals surface area contributed by atoms with Crippen LogP contribution in [-0.2, 0) is 10.0 Å². The highest BCUT2D eigenvalue weighted by atomic mass is 79.9. The Hall–Kier alpha value is -0.920. The molecule has 1 aliphatic rings. The SMILES string of the molecule is Nc1cc(S(=O)(=O)N2CC=CCC2)c(Br)cc1F. The second-order valence-corrected chi connectivity index (χ2v) is 6.69. The van der Waals surface area contributed by atoms with Gasteiger partial charge in [0.1, 0.15) is 5.82 Å². The first-order valence-electron chi connectivity index (χ1n) is 5.32. The largest absolute Gasteiger partial charge is 0.396 e. The van der Waals surface area contributed by atoms with E-state index in [0.29, 0.717) is 19.5 Å². The van der Waals surface area contributed by atoms with Crippen molar-refractivity contribution in [1.82, 2.24) is 4.31 Å². The minimum Gasteiger partial charge on any atom is -0.396 e. The highest BCUT2D eigenvalue weighted by Gasteiger charge is 2.27. The quantitative estimate of drug-likeness (QED) is 0.665. The van der Waals surface area contributed by atoms with E-state index in [0.717, 1.165) is 12.1 Å². The average Bonchev–Trinajstić information content (AvgIpc) is 2.34. The molecule has 18 heavy (non-hydrogen) atoms. The zero-order valence-corrected chi connectivity index (χ0v) is 11.8. The Bertz CT molecular complexity index is 601. The van der Waals surface area contributed by atoms with E-state index in [2.05, 4.69) is 15.9 Å². The van der Waals surface area contributed by atoms with Crippen molar-refractivity contribution in [2.24, 2.45) is 0 Å². The Morgan fingerprint density at radius 1 is 1.33 bits per heavy atom. The van der Waals surface area contributed by atoms with E-state index in [-0.39, 0.29) is 15.1 Å². The van der Waals surface area contributed by atoms with Gasteiger partial charge in [-0.3, -0.25) is 0 Å². The molecule has 98 valence electrons. The summed E-state index contributed by atoms with van der Waals surface area (Å²) in [6, 6.07) is 2.22. The van der Waals surface area contributed by atoms with Crippen LogP contribution in [0.2, 0.25) is 0 Å². The van der Waals surface area contributed by atoms with E-state index >= 15 is 0 Å². The Balaban J connectivity index is 2.47. The predicted octanol–water partition coefficient (Wildman–Crippen LogP) is 2.12. The summed E-state index contributed by atoms with van der Waals surface area (Å²) in [4.78, 5) is -0.00306. The third-order valence-electron chi connectivity index (χ3n) is 2.69. The highest BCUT2D eigenvalue weighted by molar-refractivity contribution is 9.10. The average molecular weight is 335 g/mol. The molecule has 0 bridgehead atoms. The van der Waals surface area contributed by atoms with Crippen LogP contribution in [-0.4, -0.2) is 25.8 Å². The van der Waals surface area contributed by atoms with Gasteiger partial charge in [-0.15, -0.1) is 0 Å². The minimum atomic E-state index is -3.64. The molecule has 0 fully saturated rings. The summed E-state index contributed by atoms with van der Waals surface area (Å²) in [5, 5.41) is 0. The molecule has 0 atom stereocenters. The van der Waals surface area contributed by atoms with Crippen LogP contribution in [0.1, 0.15) is 6.42 Å². The van der Waals surface area contributed by atoms with Crippen molar-refractivity contribution in [3.8, 4) is 0 Å². The van der Waals surface area contributed by atoms with Crippen LogP contribution in [0.5, 0.6) is 0 Å². The number of anilines is 1. The van der Waals surface area contributed by atoms with Gasteiger partial charge in [0.05, 0.1) is 10.6 Å². The number of rotatable bonds is 2. The molecule has 0 aliphatic carbocycles. The van der Waals surface area contributed by atoms with Gasteiger partial charge in [0.15, 0.2) is 0 Å². The van der Waals surface area contributed by atoms with E-state index in [1.54, 1.807) is 6.08 Å².